The van der Waals surface area contributed by atoms with Crippen molar-refractivity contribution in [3.63, 3.8) is 0 Å². The van der Waals surface area contributed by atoms with E-state index in [2.05, 4.69) is 10.4 Å². The molecule has 0 atom stereocenters. The Balaban J connectivity index is 1.38. The molecule has 184 valence electrons. The molecule has 1 amide bonds. The van der Waals surface area contributed by atoms with Crippen LogP contribution in [0, 0.1) is 13.8 Å². The van der Waals surface area contributed by atoms with Crippen molar-refractivity contribution in [2.75, 3.05) is 25.0 Å². The number of esters is 1. The number of nitrogens with one attached hydrogen (secondary N) is 1. The zero-order valence-electron chi connectivity index (χ0n) is 19.7. The molecule has 9 nitrogen and oxygen atoms in total. The van der Waals surface area contributed by atoms with Crippen LogP contribution in [0.5, 0.6) is 0 Å². The fourth-order valence-corrected chi connectivity index (χ4v) is 5.68. The van der Waals surface area contributed by atoms with Gasteiger partial charge >= 0.3 is 5.97 Å². The lowest BCUT2D eigenvalue weighted by molar-refractivity contribution is -0.119. The Bertz CT molecular complexity index is 1330. The van der Waals surface area contributed by atoms with Crippen LogP contribution in [-0.4, -0.2) is 54.1 Å². The molecule has 3 aromatic rings. The zero-order chi connectivity index (χ0) is 25.0. The van der Waals surface area contributed by atoms with Crippen LogP contribution in [0.25, 0.3) is 0 Å². The lowest BCUT2D eigenvalue weighted by Gasteiger charge is -2.16. The van der Waals surface area contributed by atoms with Gasteiger partial charge in [-0.25, -0.2) is 13.2 Å². The number of carbonyl (C=O) groups is 2. The number of ether oxygens (including phenoxy) is 1. The van der Waals surface area contributed by atoms with Gasteiger partial charge < -0.3 is 10.1 Å². The molecule has 1 fully saturated rings. The van der Waals surface area contributed by atoms with E-state index >= 15 is 0 Å². The molecule has 0 bridgehead atoms. The van der Waals surface area contributed by atoms with Crippen molar-refractivity contribution in [1.82, 2.24) is 14.1 Å². The maximum atomic E-state index is 12.8. The first-order valence-electron chi connectivity index (χ1n) is 11.4. The van der Waals surface area contributed by atoms with Gasteiger partial charge in [0.25, 0.3) is 5.91 Å². The van der Waals surface area contributed by atoms with Crippen LogP contribution in [0.2, 0.25) is 0 Å². The van der Waals surface area contributed by atoms with Gasteiger partial charge in [-0.3, -0.25) is 9.48 Å². The lowest BCUT2D eigenvalue weighted by Crippen LogP contribution is -2.28. The summed E-state index contributed by atoms with van der Waals surface area (Å²) in [7, 11) is -3.60. The number of aromatic nitrogens is 2. The molecule has 0 unspecified atom stereocenters. The lowest BCUT2D eigenvalue weighted by atomic mass is 10.2. The Morgan fingerprint density at radius 2 is 1.74 bits per heavy atom. The summed E-state index contributed by atoms with van der Waals surface area (Å²) in [6, 6.07) is 15.8. The van der Waals surface area contributed by atoms with E-state index in [9.17, 15) is 18.0 Å². The van der Waals surface area contributed by atoms with Crippen molar-refractivity contribution >= 4 is 27.6 Å². The van der Waals surface area contributed by atoms with Gasteiger partial charge in [0, 0.05) is 18.8 Å². The molecule has 0 saturated carbocycles. The van der Waals surface area contributed by atoms with Gasteiger partial charge in [0.15, 0.2) is 6.61 Å². The van der Waals surface area contributed by atoms with Crippen LogP contribution in [0.15, 0.2) is 59.5 Å². The Labute approximate surface area is 204 Å². The van der Waals surface area contributed by atoms with Crippen molar-refractivity contribution in [1.29, 1.82) is 0 Å². The van der Waals surface area contributed by atoms with E-state index in [1.165, 1.54) is 16.4 Å². The largest absolute Gasteiger partial charge is 0.452 e. The van der Waals surface area contributed by atoms with E-state index in [-0.39, 0.29) is 4.90 Å². The molecule has 10 heteroatoms. The maximum Gasteiger partial charge on any atom is 0.342 e. The summed E-state index contributed by atoms with van der Waals surface area (Å²) >= 11 is 0. The molecule has 35 heavy (non-hydrogen) atoms. The molecule has 1 aromatic heterocycles. The molecule has 0 spiro atoms. The molecule has 2 aromatic carbocycles. The minimum atomic E-state index is -3.60. The minimum Gasteiger partial charge on any atom is -0.452 e. The molecule has 1 aliphatic heterocycles. The highest BCUT2D eigenvalue weighted by molar-refractivity contribution is 7.89. The fraction of sp³-hybridized carbons (Fsp3) is 0.320. The number of rotatable bonds is 8. The molecular formula is C25H28N4O5S. The molecule has 1 saturated heterocycles. The Hall–Kier alpha value is -3.50. The third kappa shape index (κ3) is 5.60. The van der Waals surface area contributed by atoms with E-state index in [1.54, 1.807) is 30.7 Å². The zero-order valence-corrected chi connectivity index (χ0v) is 20.5. The number of carbonyl (C=O) groups excluding carboxylic acids is 2. The number of nitrogens with zero attached hydrogens (tertiary/aromatic N) is 3. The number of benzene rings is 2. The smallest absolute Gasteiger partial charge is 0.342 e. The van der Waals surface area contributed by atoms with Gasteiger partial charge in [0.2, 0.25) is 10.0 Å². The number of hydrogen-bond acceptors (Lipinski definition) is 6. The minimum absolute atomic E-state index is 0.117. The van der Waals surface area contributed by atoms with E-state index in [4.69, 9.17) is 4.74 Å². The topological polar surface area (TPSA) is 111 Å². The van der Waals surface area contributed by atoms with Crippen LogP contribution in [0.3, 0.4) is 0 Å². The fourth-order valence-electron chi connectivity index (χ4n) is 4.11. The SMILES string of the molecule is Cc1nn(Cc2ccccc2)c(C)c1C(=O)OCC(=O)Nc1cccc(S(=O)(=O)N2CCCC2)c1. The number of amides is 1. The molecule has 0 radical (unpaired) electrons. The van der Waals surface area contributed by atoms with E-state index in [1.807, 2.05) is 30.3 Å². The van der Waals surface area contributed by atoms with Crippen molar-refractivity contribution < 1.29 is 22.7 Å². The average Bonchev–Trinajstić information content (AvgIpc) is 3.48. The summed E-state index contributed by atoms with van der Waals surface area (Å²) in [5.41, 5.74) is 2.86. The standard InChI is InChI=1S/C25H28N4O5S/c1-18-24(19(2)29(27-18)16-20-9-4-3-5-10-20)25(31)34-17-23(30)26-21-11-8-12-22(15-21)35(32,33)28-13-6-7-14-28/h3-5,8-12,15H,6-7,13-14,16-17H2,1-2H3,(H,26,30). The van der Waals surface area contributed by atoms with Gasteiger partial charge in [-0.1, -0.05) is 36.4 Å². The van der Waals surface area contributed by atoms with Crippen LogP contribution < -0.4 is 5.32 Å². The van der Waals surface area contributed by atoms with E-state index in [0.29, 0.717) is 42.3 Å². The predicted octanol–water partition coefficient (Wildman–Crippen LogP) is 3.13. The summed E-state index contributed by atoms with van der Waals surface area (Å²) in [6.45, 7) is 4.50. The van der Waals surface area contributed by atoms with Crippen LogP contribution in [0.1, 0.15) is 40.2 Å². The van der Waals surface area contributed by atoms with Crippen molar-refractivity contribution in [2.45, 2.75) is 38.1 Å². The van der Waals surface area contributed by atoms with Gasteiger partial charge in [-0.05, 0) is 50.5 Å². The van der Waals surface area contributed by atoms with Crippen molar-refractivity contribution in [3.8, 4) is 0 Å². The Morgan fingerprint density at radius 1 is 1.03 bits per heavy atom. The maximum absolute atomic E-state index is 12.8. The van der Waals surface area contributed by atoms with Gasteiger partial charge in [0.05, 0.1) is 22.8 Å². The third-order valence-electron chi connectivity index (χ3n) is 5.92. The van der Waals surface area contributed by atoms with Crippen LogP contribution >= 0.6 is 0 Å². The number of sulfonamides is 1. The average molecular weight is 497 g/mol. The number of aryl methyl sites for hydroxylation is 1. The normalized spacial score (nSPS) is 14.1. The second-order valence-corrected chi connectivity index (χ2v) is 10.4. The highest BCUT2D eigenvalue weighted by Crippen LogP contribution is 2.23. The van der Waals surface area contributed by atoms with E-state index in [0.717, 1.165) is 18.4 Å². The van der Waals surface area contributed by atoms with Crippen LogP contribution in [0.4, 0.5) is 5.69 Å². The highest BCUT2D eigenvalue weighted by Gasteiger charge is 2.27. The van der Waals surface area contributed by atoms with E-state index < -0.39 is 28.5 Å². The van der Waals surface area contributed by atoms with Gasteiger partial charge in [0.1, 0.15) is 5.56 Å². The Morgan fingerprint density at radius 3 is 2.46 bits per heavy atom. The molecule has 2 heterocycles. The summed E-state index contributed by atoms with van der Waals surface area (Å²) in [5, 5.41) is 7.04. The monoisotopic (exact) mass is 496 g/mol. The first kappa shape index (κ1) is 24.6. The second-order valence-electron chi connectivity index (χ2n) is 8.45. The van der Waals surface area contributed by atoms with Gasteiger partial charge in [-0.15, -0.1) is 0 Å². The summed E-state index contributed by atoms with van der Waals surface area (Å²) in [5.74, 6) is -1.21. The predicted molar refractivity (Wildman–Crippen MR) is 131 cm³/mol. The second kappa shape index (κ2) is 10.4. The molecular weight excluding hydrogens is 468 g/mol. The number of anilines is 1. The van der Waals surface area contributed by atoms with Crippen LogP contribution in [-0.2, 0) is 26.1 Å². The van der Waals surface area contributed by atoms with Gasteiger partial charge in [-0.2, -0.15) is 9.40 Å². The summed E-state index contributed by atoms with van der Waals surface area (Å²) in [6.07, 6.45) is 1.68. The summed E-state index contributed by atoms with van der Waals surface area (Å²) < 4.78 is 33.9. The molecule has 1 N–H and O–H groups in total. The van der Waals surface area contributed by atoms with Crippen molar-refractivity contribution in [2.24, 2.45) is 0 Å². The highest BCUT2D eigenvalue weighted by atomic mass is 32.2. The van der Waals surface area contributed by atoms with Crippen molar-refractivity contribution in [3.05, 3.63) is 77.1 Å². The first-order valence-corrected chi connectivity index (χ1v) is 12.8. The first-order chi connectivity index (χ1) is 16.8. The number of hydrogen-bond donors (Lipinski definition) is 1. The Kier molecular flexibility index (Phi) is 7.32. The molecule has 4 rings (SSSR count). The quantitative estimate of drug-likeness (QED) is 0.480. The molecule has 0 aliphatic carbocycles. The molecule has 1 aliphatic rings. The summed E-state index contributed by atoms with van der Waals surface area (Å²) in [4.78, 5) is 25.2. The third-order valence-corrected chi connectivity index (χ3v) is 7.81.